The van der Waals surface area contributed by atoms with Crippen LogP contribution in [-0.2, 0) is 4.84 Å². The lowest BCUT2D eigenvalue weighted by Crippen LogP contribution is -2.34. The molecule has 4 nitrogen and oxygen atoms in total. The van der Waals surface area contributed by atoms with Crippen LogP contribution in [0.15, 0.2) is 30.3 Å². The average Bonchev–Trinajstić information content (AvgIpc) is 2.28. The minimum absolute atomic E-state index is 0.232. The number of thiocarbonyl (C=S) groups is 1. The topological polar surface area (TPSA) is 32.8 Å². The molecule has 0 aromatic heterocycles. The van der Waals surface area contributed by atoms with E-state index in [1.54, 1.807) is 43.3 Å². The zero-order chi connectivity index (χ0) is 12.1. The van der Waals surface area contributed by atoms with Crippen molar-refractivity contribution >= 4 is 23.3 Å². The Hall–Kier alpha value is -1.62. The summed E-state index contributed by atoms with van der Waals surface area (Å²) in [7, 11) is 5.04. The average molecular weight is 238 g/mol. The van der Waals surface area contributed by atoms with Crippen molar-refractivity contribution in [3.8, 4) is 0 Å². The highest BCUT2D eigenvalue weighted by molar-refractivity contribution is 7.79. The molecule has 16 heavy (non-hydrogen) atoms. The Morgan fingerprint density at radius 2 is 1.75 bits per heavy atom. The maximum Gasteiger partial charge on any atom is 0.288 e. The van der Waals surface area contributed by atoms with Gasteiger partial charge in [0.25, 0.3) is 11.1 Å². The number of carbonyl (C=O) groups is 1. The first kappa shape index (κ1) is 12.4. The van der Waals surface area contributed by atoms with Gasteiger partial charge in [-0.15, -0.1) is 0 Å². The van der Waals surface area contributed by atoms with Crippen molar-refractivity contribution in [2.45, 2.75) is 0 Å². The van der Waals surface area contributed by atoms with E-state index in [0.29, 0.717) is 5.56 Å². The fourth-order valence-electron chi connectivity index (χ4n) is 1.00. The highest BCUT2D eigenvalue weighted by atomic mass is 32.1. The van der Waals surface area contributed by atoms with E-state index >= 15 is 0 Å². The summed E-state index contributed by atoms with van der Waals surface area (Å²) in [5, 5.41) is 1.37. The zero-order valence-corrected chi connectivity index (χ0v) is 10.3. The first-order chi connectivity index (χ1) is 7.52. The second-order valence-electron chi connectivity index (χ2n) is 3.42. The number of carbonyl (C=O) groups excluding carboxylic acids is 1. The summed E-state index contributed by atoms with van der Waals surface area (Å²) >= 11 is 4.93. The van der Waals surface area contributed by atoms with E-state index in [1.807, 2.05) is 6.07 Å². The molecule has 0 aliphatic carbocycles. The molecule has 0 heterocycles. The van der Waals surface area contributed by atoms with Gasteiger partial charge in [0.1, 0.15) is 0 Å². The molecular formula is C11H14N2O2S. The molecule has 0 atom stereocenters. The SMILES string of the molecule is CN(C)C(=S)ON(C)C(=O)c1ccccc1. The molecule has 0 fully saturated rings. The van der Waals surface area contributed by atoms with E-state index in [9.17, 15) is 4.79 Å². The summed E-state index contributed by atoms with van der Waals surface area (Å²) in [4.78, 5) is 18.6. The molecule has 5 heteroatoms. The summed E-state index contributed by atoms with van der Waals surface area (Å²) < 4.78 is 0. The van der Waals surface area contributed by atoms with Crippen molar-refractivity contribution < 1.29 is 9.63 Å². The van der Waals surface area contributed by atoms with Gasteiger partial charge < -0.3 is 9.74 Å². The number of rotatable bonds is 1. The minimum Gasteiger partial charge on any atom is -0.346 e. The molecule has 0 N–H and O–H groups in total. The Labute approximate surface area is 100 Å². The highest BCUT2D eigenvalue weighted by Gasteiger charge is 2.14. The third-order valence-electron chi connectivity index (χ3n) is 1.89. The van der Waals surface area contributed by atoms with Crippen LogP contribution in [0.25, 0.3) is 0 Å². The number of hydroxylamine groups is 2. The van der Waals surface area contributed by atoms with Gasteiger partial charge in [0.15, 0.2) is 0 Å². The van der Waals surface area contributed by atoms with E-state index in [1.165, 1.54) is 7.05 Å². The maximum atomic E-state index is 11.8. The van der Waals surface area contributed by atoms with Crippen LogP contribution in [0.4, 0.5) is 0 Å². The van der Waals surface area contributed by atoms with Gasteiger partial charge in [0.2, 0.25) is 0 Å². The molecule has 0 saturated carbocycles. The van der Waals surface area contributed by atoms with Gasteiger partial charge in [-0.1, -0.05) is 18.2 Å². The Bertz CT molecular complexity index is 379. The van der Waals surface area contributed by atoms with Crippen LogP contribution in [0.1, 0.15) is 10.4 Å². The van der Waals surface area contributed by atoms with Crippen molar-refractivity contribution in [1.29, 1.82) is 0 Å². The highest BCUT2D eigenvalue weighted by Crippen LogP contribution is 2.04. The van der Waals surface area contributed by atoms with Crippen molar-refractivity contribution in [2.24, 2.45) is 0 Å². The second kappa shape index (κ2) is 5.46. The quantitative estimate of drug-likeness (QED) is 0.549. The van der Waals surface area contributed by atoms with Gasteiger partial charge >= 0.3 is 0 Å². The largest absolute Gasteiger partial charge is 0.346 e. The molecule has 1 amide bonds. The standard InChI is InChI=1S/C11H14N2O2S/c1-12(2)11(16)15-13(3)10(14)9-7-5-4-6-8-9/h4-8H,1-3H3. The first-order valence-electron chi connectivity index (χ1n) is 4.74. The summed E-state index contributed by atoms with van der Waals surface area (Å²) in [6, 6.07) is 8.89. The zero-order valence-electron chi connectivity index (χ0n) is 9.51. The molecular weight excluding hydrogens is 224 g/mol. The van der Waals surface area contributed by atoms with Crippen molar-refractivity contribution in [3.63, 3.8) is 0 Å². The first-order valence-corrected chi connectivity index (χ1v) is 5.15. The number of benzene rings is 1. The molecule has 0 radical (unpaired) electrons. The van der Waals surface area contributed by atoms with E-state index in [-0.39, 0.29) is 11.1 Å². The lowest BCUT2D eigenvalue weighted by Gasteiger charge is -2.21. The van der Waals surface area contributed by atoms with Gasteiger partial charge in [-0.3, -0.25) is 4.79 Å². The van der Waals surface area contributed by atoms with E-state index in [4.69, 9.17) is 17.1 Å². The minimum atomic E-state index is -0.232. The van der Waals surface area contributed by atoms with Crippen molar-refractivity contribution in [2.75, 3.05) is 21.1 Å². The second-order valence-corrected chi connectivity index (χ2v) is 3.77. The molecule has 0 bridgehead atoms. The third kappa shape index (κ3) is 3.20. The maximum absolute atomic E-state index is 11.8. The van der Waals surface area contributed by atoms with Crippen LogP contribution in [0.5, 0.6) is 0 Å². The summed E-state index contributed by atoms with van der Waals surface area (Å²) in [5.41, 5.74) is 0.562. The van der Waals surface area contributed by atoms with Gasteiger partial charge in [0, 0.05) is 26.7 Å². The molecule has 0 spiro atoms. The Morgan fingerprint density at radius 1 is 1.19 bits per heavy atom. The predicted octanol–water partition coefficient (Wildman–Crippen LogP) is 1.54. The van der Waals surface area contributed by atoms with Crippen LogP contribution < -0.4 is 0 Å². The smallest absolute Gasteiger partial charge is 0.288 e. The van der Waals surface area contributed by atoms with Crippen molar-refractivity contribution in [1.82, 2.24) is 9.96 Å². The Balaban J connectivity index is 2.65. The lowest BCUT2D eigenvalue weighted by atomic mass is 10.2. The molecule has 1 aromatic rings. The van der Waals surface area contributed by atoms with Gasteiger partial charge in [-0.05, 0) is 24.4 Å². The van der Waals surface area contributed by atoms with Crippen LogP contribution in [0.3, 0.4) is 0 Å². The van der Waals surface area contributed by atoms with Crippen LogP contribution in [0, 0.1) is 0 Å². The number of hydrogen-bond donors (Lipinski definition) is 0. The van der Waals surface area contributed by atoms with E-state index in [0.717, 1.165) is 5.06 Å². The molecule has 1 rings (SSSR count). The molecule has 1 aromatic carbocycles. The monoisotopic (exact) mass is 238 g/mol. The number of amides is 1. The van der Waals surface area contributed by atoms with Gasteiger partial charge in [-0.2, -0.15) is 5.06 Å². The fourth-order valence-corrected chi connectivity index (χ4v) is 1.11. The molecule has 0 aliphatic heterocycles. The molecule has 0 saturated heterocycles. The lowest BCUT2D eigenvalue weighted by molar-refractivity contribution is -0.0308. The van der Waals surface area contributed by atoms with E-state index in [2.05, 4.69) is 0 Å². The van der Waals surface area contributed by atoms with Crippen LogP contribution in [-0.4, -0.2) is 42.2 Å². The van der Waals surface area contributed by atoms with E-state index < -0.39 is 0 Å². The molecule has 86 valence electrons. The Morgan fingerprint density at radius 3 is 2.25 bits per heavy atom. The molecule has 0 unspecified atom stereocenters. The summed E-state index contributed by atoms with van der Waals surface area (Å²) in [5.74, 6) is -0.232. The number of hydrogen-bond acceptors (Lipinski definition) is 3. The number of nitrogens with zero attached hydrogens (tertiary/aromatic N) is 2. The Kier molecular flexibility index (Phi) is 4.25. The predicted molar refractivity (Wildman–Crippen MR) is 65.9 cm³/mol. The van der Waals surface area contributed by atoms with Gasteiger partial charge in [0.05, 0.1) is 0 Å². The van der Waals surface area contributed by atoms with Crippen LogP contribution >= 0.6 is 12.2 Å². The normalized spacial score (nSPS) is 9.44. The van der Waals surface area contributed by atoms with Crippen molar-refractivity contribution in [3.05, 3.63) is 35.9 Å². The fraction of sp³-hybridized carbons (Fsp3) is 0.273. The molecule has 0 aliphatic rings. The third-order valence-corrected chi connectivity index (χ3v) is 2.33. The van der Waals surface area contributed by atoms with Gasteiger partial charge in [-0.25, -0.2) is 0 Å². The van der Waals surface area contributed by atoms with Crippen LogP contribution in [0.2, 0.25) is 0 Å². The summed E-state index contributed by atoms with van der Waals surface area (Å²) in [6.45, 7) is 0. The summed E-state index contributed by atoms with van der Waals surface area (Å²) in [6.07, 6.45) is 0.